The Bertz CT molecular complexity index is 487. The van der Waals surface area contributed by atoms with Gasteiger partial charge in [0.25, 0.3) is 0 Å². The SMILES string of the molecule is COc1ccnc(Nc2c[c]nc(C)n2)c1. The number of aromatic nitrogens is 3. The number of ether oxygens (including phenoxy) is 1. The van der Waals surface area contributed by atoms with E-state index < -0.39 is 0 Å². The number of rotatable bonds is 3. The van der Waals surface area contributed by atoms with E-state index in [1.165, 1.54) is 0 Å². The summed E-state index contributed by atoms with van der Waals surface area (Å²) in [4.78, 5) is 12.2. The molecular weight excluding hydrogens is 204 g/mol. The van der Waals surface area contributed by atoms with E-state index in [0.717, 1.165) is 5.75 Å². The van der Waals surface area contributed by atoms with Crippen molar-refractivity contribution in [2.75, 3.05) is 12.4 Å². The maximum absolute atomic E-state index is 5.10. The summed E-state index contributed by atoms with van der Waals surface area (Å²) in [5.74, 6) is 2.74. The van der Waals surface area contributed by atoms with Crippen molar-refractivity contribution in [2.45, 2.75) is 6.92 Å². The number of aryl methyl sites for hydroxylation is 1. The lowest BCUT2D eigenvalue weighted by atomic mass is 10.4. The van der Waals surface area contributed by atoms with Crippen molar-refractivity contribution in [1.29, 1.82) is 0 Å². The summed E-state index contributed by atoms with van der Waals surface area (Å²) in [5.41, 5.74) is 0. The fourth-order valence-corrected chi connectivity index (χ4v) is 1.22. The van der Waals surface area contributed by atoms with Crippen molar-refractivity contribution in [2.24, 2.45) is 0 Å². The van der Waals surface area contributed by atoms with Crippen LogP contribution in [0.5, 0.6) is 5.75 Å². The smallest absolute Gasteiger partial charge is 0.135 e. The van der Waals surface area contributed by atoms with Crippen LogP contribution >= 0.6 is 0 Å². The van der Waals surface area contributed by atoms with Gasteiger partial charge < -0.3 is 10.1 Å². The molecule has 0 unspecified atom stereocenters. The molecule has 0 atom stereocenters. The van der Waals surface area contributed by atoms with E-state index in [-0.39, 0.29) is 0 Å². The molecule has 1 N–H and O–H groups in total. The molecule has 0 amide bonds. The van der Waals surface area contributed by atoms with E-state index in [9.17, 15) is 0 Å². The average Bonchev–Trinajstić information content (AvgIpc) is 2.29. The fourth-order valence-electron chi connectivity index (χ4n) is 1.22. The topological polar surface area (TPSA) is 59.9 Å². The Labute approximate surface area is 93.5 Å². The van der Waals surface area contributed by atoms with Gasteiger partial charge in [0.05, 0.1) is 13.3 Å². The number of hydrogen-bond acceptors (Lipinski definition) is 5. The largest absolute Gasteiger partial charge is 0.497 e. The normalized spacial score (nSPS) is 9.88. The molecule has 2 heterocycles. The van der Waals surface area contributed by atoms with Crippen LogP contribution in [0.3, 0.4) is 0 Å². The molecule has 0 aliphatic carbocycles. The summed E-state index contributed by atoms with van der Waals surface area (Å²) in [6.45, 7) is 1.81. The van der Waals surface area contributed by atoms with Gasteiger partial charge >= 0.3 is 0 Å². The van der Waals surface area contributed by atoms with Gasteiger partial charge in [0.15, 0.2) is 0 Å². The molecule has 0 saturated heterocycles. The Morgan fingerprint density at radius 3 is 3.00 bits per heavy atom. The van der Waals surface area contributed by atoms with E-state index in [2.05, 4.69) is 26.5 Å². The zero-order valence-corrected chi connectivity index (χ0v) is 9.06. The quantitative estimate of drug-likeness (QED) is 0.844. The highest BCUT2D eigenvalue weighted by atomic mass is 16.5. The molecule has 5 nitrogen and oxygen atoms in total. The molecule has 0 aromatic carbocycles. The molecule has 0 saturated carbocycles. The monoisotopic (exact) mass is 215 g/mol. The third-order valence-electron chi connectivity index (χ3n) is 1.93. The molecule has 16 heavy (non-hydrogen) atoms. The highest BCUT2D eigenvalue weighted by molar-refractivity contribution is 5.52. The summed E-state index contributed by atoms with van der Waals surface area (Å²) in [6.07, 6.45) is 4.41. The van der Waals surface area contributed by atoms with E-state index >= 15 is 0 Å². The first-order valence-electron chi connectivity index (χ1n) is 4.77. The van der Waals surface area contributed by atoms with Gasteiger partial charge in [-0.1, -0.05) is 0 Å². The molecule has 0 bridgehead atoms. The predicted molar refractivity (Wildman–Crippen MR) is 59.7 cm³/mol. The van der Waals surface area contributed by atoms with Crippen LogP contribution in [0, 0.1) is 13.1 Å². The van der Waals surface area contributed by atoms with Gasteiger partial charge in [-0.05, 0) is 13.0 Å². The molecule has 0 aliphatic heterocycles. The Balaban J connectivity index is 2.20. The van der Waals surface area contributed by atoms with E-state index in [1.54, 1.807) is 38.4 Å². The number of pyridine rings is 1. The van der Waals surface area contributed by atoms with Crippen LogP contribution in [0.4, 0.5) is 11.6 Å². The summed E-state index contributed by atoms with van der Waals surface area (Å²) in [7, 11) is 1.61. The molecule has 2 aromatic rings. The first-order valence-corrected chi connectivity index (χ1v) is 4.77. The number of nitrogens with one attached hydrogen (secondary N) is 1. The predicted octanol–water partition coefficient (Wildman–Crippen LogP) is 1.73. The third kappa shape index (κ3) is 2.44. The Hall–Kier alpha value is -2.17. The van der Waals surface area contributed by atoms with Gasteiger partial charge in [0, 0.05) is 18.3 Å². The second kappa shape index (κ2) is 4.57. The zero-order chi connectivity index (χ0) is 11.4. The Morgan fingerprint density at radius 1 is 1.38 bits per heavy atom. The Kier molecular flexibility index (Phi) is 2.95. The van der Waals surface area contributed by atoms with Crippen LogP contribution in [0.1, 0.15) is 5.82 Å². The van der Waals surface area contributed by atoms with Crippen molar-refractivity contribution >= 4 is 11.6 Å². The average molecular weight is 215 g/mol. The number of hydrogen-bond donors (Lipinski definition) is 1. The van der Waals surface area contributed by atoms with Crippen LogP contribution in [0.2, 0.25) is 0 Å². The molecule has 0 aliphatic rings. The van der Waals surface area contributed by atoms with E-state index in [1.807, 2.05) is 0 Å². The minimum Gasteiger partial charge on any atom is -0.497 e. The lowest BCUT2D eigenvalue weighted by molar-refractivity contribution is 0.414. The second-order valence-electron chi connectivity index (χ2n) is 3.14. The molecule has 2 rings (SSSR count). The lowest BCUT2D eigenvalue weighted by Crippen LogP contribution is -1.98. The molecule has 1 radical (unpaired) electrons. The van der Waals surface area contributed by atoms with Gasteiger partial charge in [-0.2, -0.15) is 0 Å². The first kappa shape index (κ1) is 10.4. The molecule has 0 fully saturated rings. The summed E-state index contributed by atoms with van der Waals surface area (Å²) in [6, 6.07) is 5.23. The molecule has 5 heteroatoms. The summed E-state index contributed by atoms with van der Waals surface area (Å²) >= 11 is 0. The van der Waals surface area contributed by atoms with Gasteiger partial charge in [0.2, 0.25) is 0 Å². The van der Waals surface area contributed by atoms with Crippen LogP contribution in [0.15, 0.2) is 24.4 Å². The summed E-state index contributed by atoms with van der Waals surface area (Å²) < 4.78 is 5.10. The minimum absolute atomic E-state index is 0.660. The van der Waals surface area contributed by atoms with Crippen LogP contribution < -0.4 is 10.1 Å². The van der Waals surface area contributed by atoms with Crippen LogP contribution in [0.25, 0.3) is 0 Å². The van der Waals surface area contributed by atoms with E-state index in [0.29, 0.717) is 17.5 Å². The Morgan fingerprint density at radius 2 is 2.25 bits per heavy atom. The van der Waals surface area contributed by atoms with Crippen LogP contribution in [-0.2, 0) is 0 Å². The molecular formula is C11H11N4O. The third-order valence-corrected chi connectivity index (χ3v) is 1.93. The molecule has 81 valence electrons. The lowest BCUT2D eigenvalue weighted by Gasteiger charge is -2.05. The van der Waals surface area contributed by atoms with Gasteiger partial charge in [-0.25, -0.2) is 15.0 Å². The van der Waals surface area contributed by atoms with Crippen molar-refractivity contribution in [3.8, 4) is 5.75 Å². The van der Waals surface area contributed by atoms with E-state index in [4.69, 9.17) is 4.74 Å². The highest BCUT2D eigenvalue weighted by Gasteiger charge is 1.99. The van der Waals surface area contributed by atoms with Gasteiger partial charge in [0.1, 0.15) is 23.2 Å². The van der Waals surface area contributed by atoms with Gasteiger partial charge in [-0.3, -0.25) is 0 Å². The zero-order valence-electron chi connectivity index (χ0n) is 9.06. The van der Waals surface area contributed by atoms with Crippen molar-refractivity contribution in [3.63, 3.8) is 0 Å². The number of methoxy groups -OCH3 is 1. The van der Waals surface area contributed by atoms with Crippen molar-refractivity contribution in [3.05, 3.63) is 36.4 Å². The maximum atomic E-state index is 5.10. The maximum Gasteiger partial charge on any atom is 0.135 e. The van der Waals surface area contributed by atoms with Crippen LogP contribution in [-0.4, -0.2) is 22.1 Å². The van der Waals surface area contributed by atoms with Crippen molar-refractivity contribution < 1.29 is 4.74 Å². The standard InChI is InChI=1S/C11H11N4O/c1-8-12-6-4-10(14-8)15-11-7-9(16-2)3-5-13-11/h3-5,7H,1-2H3,(H,12,13,14,15). The second-order valence-corrected chi connectivity index (χ2v) is 3.14. The first-order chi connectivity index (χ1) is 7.78. The van der Waals surface area contributed by atoms with Crippen molar-refractivity contribution in [1.82, 2.24) is 15.0 Å². The molecule has 0 spiro atoms. The molecule has 2 aromatic heterocycles. The number of nitrogens with zero attached hydrogens (tertiary/aromatic N) is 3. The summed E-state index contributed by atoms with van der Waals surface area (Å²) in [5, 5.41) is 3.05. The fraction of sp³-hybridized carbons (Fsp3) is 0.182. The minimum atomic E-state index is 0.660. The van der Waals surface area contributed by atoms with Gasteiger partial charge in [-0.15, -0.1) is 0 Å². The highest BCUT2D eigenvalue weighted by Crippen LogP contribution is 2.16. The number of anilines is 2.